The lowest BCUT2D eigenvalue weighted by molar-refractivity contribution is -0.118. The van der Waals surface area contributed by atoms with E-state index in [0.717, 1.165) is 11.1 Å². The molecule has 5 nitrogen and oxygen atoms in total. The normalized spacial score (nSPS) is 10.5. The van der Waals surface area contributed by atoms with Crippen LogP contribution in [0.4, 0.5) is 11.4 Å². The maximum absolute atomic E-state index is 12.1. The zero-order valence-corrected chi connectivity index (χ0v) is 16.1. The molecule has 0 spiro atoms. The minimum Gasteiger partial charge on any atom is -0.483 e. The number of hydrogen-bond acceptors (Lipinski definition) is 3. The highest BCUT2D eigenvalue weighted by Gasteiger charge is 2.13. The van der Waals surface area contributed by atoms with Crippen molar-refractivity contribution in [3.05, 3.63) is 52.5 Å². The van der Waals surface area contributed by atoms with Gasteiger partial charge >= 0.3 is 0 Å². The standard InChI is InChI=1S/C20H23ClN2O3/c1-12(2)17-10-18(21)13(3)9-19(17)26-11-20(25)23-16-7-5-15(6-8-16)22-14(4)24/h5-10,12H,11H2,1-4H3,(H,22,24)(H,23,25). The molecular formula is C20H23ClN2O3. The van der Waals surface area contributed by atoms with Crippen molar-refractivity contribution in [3.8, 4) is 5.75 Å². The summed E-state index contributed by atoms with van der Waals surface area (Å²) in [6.07, 6.45) is 0. The minimum absolute atomic E-state index is 0.103. The Hall–Kier alpha value is -2.53. The lowest BCUT2D eigenvalue weighted by atomic mass is 10.0. The van der Waals surface area contributed by atoms with E-state index in [9.17, 15) is 9.59 Å². The molecule has 2 amide bonds. The first kappa shape index (κ1) is 19.8. The SMILES string of the molecule is CC(=O)Nc1ccc(NC(=O)COc2cc(C)c(Cl)cc2C(C)C)cc1. The average molecular weight is 375 g/mol. The van der Waals surface area contributed by atoms with Gasteiger partial charge in [-0.3, -0.25) is 9.59 Å². The highest BCUT2D eigenvalue weighted by Crippen LogP contribution is 2.32. The number of hydrogen-bond donors (Lipinski definition) is 2. The Balaban J connectivity index is 1.99. The molecule has 6 heteroatoms. The van der Waals surface area contributed by atoms with Gasteiger partial charge in [0.05, 0.1) is 0 Å². The topological polar surface area (TPSA) is 67.4 Å². The number of benzene rings is 2. The van der Waals surface area contributed by atoms with Crippen LogP contribution in [0.3, 0.4) is 0 Å². The van der Waals surface area contributed by atoms with Gasteiger partial charge < -0.3 is 15.4 Å². The van der Waals surface area contributed by atoms with Crippen LogP contribution in [0.5, 0.6) is 5.75 Å². The smallest absolute Gasteiger partial charge is 0.262 e. The highest BCUT2D eigenvalue weighted by atomic mass is 35.5. The van der Waals surface area contributed by atoms with Crippen molar-refractivity contribution in [1.82, 2.24) is 0 Å². The number of nitrogens with one attached hydrogen (secondary N) is 2. The van der Waals surface area contributed by atoms with E-state index in [4.69, 9.17) is 16.3 Å². The third-order valence-corrected chi connectivity index (χ3v) is 4.17. The number of carbonyl (C=O) groups is 2. The van der Waals surface area contributed by atoms with E-state index >= 15 is 0 Å². The number of carbonyl (C=O) groups excluding carboxylic acids is 2. The molecule has 26 heavy (non-hydrogen) atoms. The van der Waals surface area contributed by atoms with Gasteiger partial charge in [0.15, 0.2) is 6.61 Å². The van der Waals surface area contributed by atoms with Crippen molar-refractivity contribution >= 4 is 34.8 Å². The third-order valence-electron chi connectivity index (χ3n) is 3.76. The summed E-state index contributed by atoms with van der Waals surface area (Å²) < 4.78 is 5.72. The molecule has 0 atom stereocenters. The van der Waals surface area contributed by atoms with E-state index in [2.05, 4.69) is 10.6 Å². The molecule has 2 aromatic carbocycles. The zero-order valence-electron chi connectivity index (χ0n) is 15.4. The van der Waals surface area contributed by atoms with Gasteiger partial charge in [0, 0.05) is 23.3 Å². The highest BCUT2D eigenvalue weighted by molar-refractivity contribution is 6.31. The Morgan fingerprint density at radius 1 is 1.08 bits per heavy atom. The van der Waals surface area contributed by atoms with Crippen LogP contribution >= 0.6 is 11.6 Å². The van der Waals surface area contributed by atoms with Crippen molar-refractivity contribution in [1.29, 1.82) is 0 Å². The van der Waals surface area contributed by atoms with E-state index < -0.39 is 0 Å². The lowest BCUT2D eigenvalue weighted by Gasteiger charge is -2.16. The van der Waals surface area contributed by atoms with Crippen LogP contribution in [0.1, 0.15) is 37.8 Å². The molecular weight excluding hydrogens is 352 g/mol. The predicted molar refractivity (Wildman–Crippen MR) is 105 cm³/mol. The molecule has 2 N–H and O–H groups in total. The molecule has 0 unspecified atom stereocenters. The van der Waals surface area contributed by atoms with Crippen LogP contribution in [-0.2, 0) is 9.59 Å². The van der Waals surface area contributed by atoms with E-state index in [0.29, 0.717) is 22.1 Å². The van der Waals surface area contributed by atoms with Crippen molar-refractivity contribution in [2.75, 3.05) is 17.2 Å². The predicted octanol–water partition coefficient (Wildman–Crippen LogP) is 4.75. The largest absolute Gasteiger partial charge is 0.483 e. The number of amides is 2. The van der Waals surface area contributed by atoms with Crippen molar-refractivity contribution in [3.63, 3.8) is 0 Å². The van der Waals surface area contributed by atoms with Crippen LogP contribution in [0, 0.1) is 6.92 Å². The van der Waals surface area contributed by atoms with Crippen molar-refractivity contribution in [2.45, 2.75) is 33.6 Å². The molecule has 0 heterocycles. The van der Waals surface area contributed by atoms with E-state index in [-0.39, 0.29) is 24.3 Å². The van der Waals surface area contributed by atoms with Gasteiger partial charge in [-0.25, -0.2) is 0 Å². The van der Waals surface area contributed by atoms with Gasteiger partial charge in [-0.2, -0.15) is 0 Å². The molecule has 2 rings (SSSR count). The molecule has 0 saturated heterocycles. The van der Waals surface area contributed by atoms with Crippen LogP contribution in [0.2, 0.25) is 5.02 Å². The first-order valence-electron chi connectivity index (χ1n) is 8.36. The van der Waals surface area contributed by atoms with Gasteiger partial charge in [-0.1, -0.05) is 25.4 Å². The molecule has 0 aromatic heterocycles. The second-order valence-corrected chi connectivity index (χ2v) is 6.80. The van der Waals surface area contributed by atoms with Gasteiger partial charge in [-0.15, -0.1) is 0 Å². The Bertz CT molecular complexity index is 801. The molecule has 0 radical (unpaired) electrons. The summed E-state index contributed by atoms with van der Waals surface area (Å²) in [6, 6.07) is 10.6. The summed E-state index contributed by atoms with van der Waals surface area (Å²) in [5.41, 5.74) is 3.17. The first-order chi connectivity index (χ1) is 12.3. The average Bonchev–Trinajstić information content (AvgIpc) is 2.56. The molecule has 2 aromatic rings. The van der Waals surface area contributed by atoms with Crippen molar-refractivity contribution in [2.24, 2.45) is 0 Å². The number of halogens is 1. The number of ether oxygens (including phenoxy) is 1. The molecule has 0 aliphatic rings. The van der Waals surface area contributed by atoms with E-state index in [1.54, 1.807) is 24.3 Å². The Morgan fingerprint density at radius 3 is 2.19 bits per heavy atom. The second-order valence-electron chi connectivity index (χ2n) is 6.39. The summed E-state index contributed by atoms with van der Waals surface area (Å²) in [7, 11) is 0. The second kappa shape index (κ2) is 8.72. The Kier molecular flexibility index (Phi) is 6.64. The van der Waals surface area contributed by atoms with Crippen LogP contribution < -0.4 is 15.4 Å². The van der Waals surface area contributed by atoms with Crippen LogP contribution in [-0.4, -0.2) is 18.4 Å². The van der Waals surface area contributed by atoms with E-state index in [1.165, 1.54) is 6.92 Å². The minimum atomic E-state index is -0.264. The monoisotopic (exact) mass is 374 g/mol. The number of aryl methyl sites for hydroxylation is 1. The molecule has 138 valence electrons. The first-order valence-corrected chi connectivity index (χ1v) is 8.74. The molecule has 0 aliphatic heterocycles. The summed E-state index contributed by atoms with van der Waals surface area (Å²) in [5, 5.41) is 6.12. The maximum atomic E-state index is 12.1. The fourth-order valence-electron chi connectivity index (χ4n) is 2.43. The van der Waals surface area contributed by atoms with Crippen LogP contribution in [0.15, 0.2) is 36.4 Å². The Labute approximate surface area is 158 Å². The fraction of sp³-hybridized carbons (Fsp3) is 0.300. The van der Waals surface area contributed by atoms with Gasteiger partial charge in [0.25, 0.3) is 5.91 Å². The van der Waals surface area contributed by atoms with Gasteiger partial charge in [-0.05, 0) is 60.4 Å². The number of anilines is 2. The van der Waals surface area contributed by atoms with Gasteiger partial charge in [0.2, 0.25) is 5.91 Å². The molecule has 0 saturated carbocycles. The lowest BCUT2D eigenvalue weighted by Crippen LogP contribution is -2.20. The molecule has 0 aliphatic carbocycles. The summed E-state index contributed by atoms with van der Waals surface area (Å²) in [4.78, 5) is 23.2. The third kappa shape index (κ3) is 5.49. The Morgan fingerprint density at radius 2 is 1.65 bits per heavy atom. The quantitative estimate of drug-likeness (QED) is 0.766. The molecule has 0 bridgehead atoms. The maximum Gasteiger partial charge on any atom is 0.262 e. The summed E-state index contributed by atoms with van der Waals surface area (Å²) >= 11 is 6.18. The number of rotatable bonds is 6. The summed E-state index contributed by atoms with van der Waals surface area (Å²) in [6.45, 7) is 7.33. The summed E-state index contributed by atoms with van der Waals surface area (Å²) in [5.74, 6) is 0.486. The van der Waals surface area contributed by atoms with Crippen molar-refractivity contribution < 1.29 is 14.3 Å². The van der Waals surface area contributed by atoms with Gasteiger partial charge in [0.1, 0.15) is 5.75 Å². The van der Waals surface area contributed by atoms with Crippen LogP contribution in [0.25, 0.3) is 0 Å². The molecule has 0 fully saturated rings. The fourth-order valence-corrected chi connectivity index (χ4v) is 2.60. The zero-order chi connectivity index (χ0) is 19.3. The van der Waals surface area contributed by atoms with E-state index in [1.807, 2.05) is 32.9 Å².